The number of hydrogen-bond donors (Lipinski definition) is 1. The monoisotopic (exact) mass is 331 g/mol. The van der Waals surface area contributed by atoms with Gasteiger partial charge in [0.15, 0.2) is 10.9 Å². The number of hydrogen-bond acceptors (Lipinski definition) is 4. The zero-order valence-corrected chi connectivity index (χ0v) is 14.7. The number of ketones is 1. The molecule has 1 saturated carbocycles. The summed E-state index contributed by atoms with van der Waals surface area (Å²) in [5.74, 6) is 0.372. The predicted octanol–water partition coefficient (Wildman–Crippen LogP) is 3.11. The van der Waals surface area contributed by atoms with E-state index in [4.69, 9.17) is 0 Å². The molecule has 1 aliphatic carbocycles. The summed E-state index contributed by atoms with van der Waals surface area (Å²) in [4.78, 5) is 24.4. The first kappa shape index (κ1) is 16.1. The van der Waals surface area contributed by atoms with Gasteiger partial charge < -0.3 is 0 Å². The van der Waals surface area contributed by atoms with Crippen LogP contribution in [0, 0.1) is 27.7 Å². The molecule has 3 rings (SSSR count). The van der Waals surface area contributed by atoms with Crippen molar-refractivity contribution in [2.75, 3.05) is 5.75 Å². The zero-order chi connectivity index (χ0) is 16.7. The van der Waals surface area contributed by atoms with E-state index in [1.807, 2.05) is 19.9 Å². The van der Waals surface area contributed by atoms with Gasteiger partial charge in [0.05, 0.1) is 5.75 Å². The Morgan fingerprint density at radius 1 is 1.26 bits per heavy atom. The maximum atomic E-state index is 12.6. The van der Waals surface area contributed by atoms with E-state index in [0.29, 0.717) is 10.9 Å². The van der Waals surface area contributed by atoms with Crippen molar-refractivity contribution in [2.45, 2.75) is 51.7 Å². The number of benzene rings is 1. The Morgan fingerprint density at radius 2 is 1.96 bits per heavy atom. The molecule has 1 aromatic carbocycles. The van der Waals surface area contributed by atoms with Gasteiger partial charge in [0.25, 0.3) is 0 Å². The molecule has 1 heterocycles. The fraction of sp³-hybridized carbons (Fsp3) is 0.471. The molecule has 122 valence electrons. The third kappa shape index (κ3) is 3.00. The number of thioether (sulfide) groups is 1. The van der Waals surface area contributed by atoms with Crippen LogP contribution in [-0.4, -0.2) is 26.3 Å². The van der Waals surface area contributed by atoms with E-state index in [9.17, 15) is 9.59 Å². The highest BCUT2D eigenvalue weighted by Crippen LogP contribution is 2.36. The first-order valence-corrected chi connectivity index (χ1v) is 8.79. The molecule has 0 unspecified atom stereocenters. The van der Waals surface area contributed by atoms with Crippen LogP contribution in [0.2, 0.25) is 0 Å². The predicted molar refractivity (Wildman–Crippen MR) is 91.6 cm³/mol. The molecule has 0 bridgehead atoms. The average molecular weight is 331 g/mol. The maximum Gasteiger partial charge on any atom is 0.344 e. The summed E-state index contributed by atoms with van der Waals surface area (Å²) in [6, 6.07) is 2.23. The lowest BCUT2D eigenvalue weighted by Gasteiger charge is -2.13. The topological polar surface area (TPSA) is 67.8 Å². The van der Waals surface area contributed by atoms with E-state index in [2.05, 4.69) is 24.0 Å². The number of aromatic nitrogens is 3. The molecule has 1 N–H and O–H groups in total. The SMILES string of the molecule is Cc1cc(C(=O)CSc2n[nH]c(=O)n2C2CC2)c(C)c(C)c1C. The molecule has 0 saturated heterocycles. The van der Waals surface area contributed by atoms with E-state index in [-0.39, 0.29) is 17.5 Å². The van der Waals surface area contributed by atoms with Crippen LogP contribution in [0.4, 0.5) is 0 Å². The Morgan fingerprint density at radius 3 is 2.61 bits per heavy atom. The Kier molecular flexibility index (Phi) is 4.19. The molecule has 0 spiro atoms. The standard InChI is InChI=1S/C17H21N3O2S/c1-9-7-14(12(4)11(3)10(9)2)15(21)8-23-17-19-18-16(22)20(17)13-5-6-13/h7,13H,5-6,8H2,1-4H3,(H,18,22). The minimum Gasteiger partial charge on any atom is -0.293 e. The molecule has 1 aliphatic rings. The summed E-state index contributed by atoms with van der Waals surface area (Å²) in [5, 5.41) is 7.15. The average Bonchev–Trinajstić information content (AvgIpc) is 3.29. The Balaban J connectivity index is 1.80. The number of rotatable bonds is 5. The molecular weight excluding hydrogens is 310 g/mol. The van der Waals surface area contributed by atoms with Crippen molar-refractivity contribution in [3.8, 4) is 0 Å². The molecule has 6 heteroatoms. The van der Waals surface area contributed by atoms with Crippen molar-refractivity contribution in [1.82, 2.24) is 14.8 Å². The molecule has 0 radical (unpaired) electrons. The number of aromatic amines is 1. The van der Waals surface area contributed by atoms with Crippen molar-refractivity contribution >= 4 is 17.5 Å². The highest BCUT2D eigenvalue weighted by atomic mass is 32.2. The molecule has 1 aromatic heterocycles. The van der Waals surface area contributed by atoms with Gasteiger partial charge in [-0.15, -0.1) is 5.10 Å². The lowest BCUT2D eigenvalue weighted by atomic mass is 9.93. The Bertz CT molecular complexity index is 831. The smallest absolute Gasteiger partial charge is 0.293 e. The molecule has 23 heavy (non-hydrogen) atoms. The lowest BCUT2D eigenvalue weighted by molar-refractivity contribution is 0.102. The minimum absolute atomic E-state index is 0.0801. The van der Waals surface area contributed by atoms with Crippen LogP contribution >= 0.6 is 11.8 Å². The van der Waals surface area contributed by atoms with E-state index in [0.717, 1.165) is 29.5 Å². The maximum absolute atomic E-state index is 12.6. The Labute approximate surface area is 139 Å². The molecule has 1 fully saturated rings. The lowest BCUT2D eigenvalue weighted by Crippen LogP contribution is -2.16. The van der Waals surface area contributed by atoms with E-state index in [1.54, 1.807) is 4.57 Å². The van der Waals surface area contributed by atoms with Crippen molar-refractivity contribution in [3.63, 3.8) is 0 Å². The van der Waals surface area contributed by atoms with Gasteiger partial charge in [-0.2, -0.15) is 0 Å². The summed E-state index contributed by atoms with van der Waals surface area (Å²) < 4.78 is 1.68. The van der Waals surface area contributed by atoms with Crippen LogP contribution in [0.15, 0.2) is 16.0 Å². The minimum atomic E-state index is -0.180. The van der Waals surface area contributed by atoms with Crippen LogP contribution in [0.5, 0.6) is 0 Å². The second kappa shape index (κ2) is 6.00. The highest BCUT2D eigenvalue weighted by Gasteiger charge is 2.29. The van der Waals surface area contributed by atoms with Crippen molar-refractivity contribution in [1.29, 1.82) is 0 Å². The van der Waals surface area contributed by atoms with Gasteiger partial charge in [0, 0.05) is 11.6 Å². The third-order valence-corrected chi connectivity index (χ3v) is 5.65. The third-order valence-electron chi connectivity index (χ3n) is 4.70. The molecule has 5 nitrogen and oxygen atoms in total. The van der Waals surface area contributed by atoms with Crippen LogP contribution in [0.25, 0.3) is 0 Å². The van der Waals surface area contributed by atoms with Gasteiger partial charge in [0.1, 0.15) is 0 Å². The van der Waals surface area contributed by atoms with Crippen LogP contribution in [0.1, 0.15) is 51.5 Å². The first-order valence-electron chi connectivity index (χ1n) is 7.80. The van der Waals surface area contributed by atoms with Gasteiger partial charge in [-0.1, -0.05) is 11.8 Å². The number of nitrogens with one attached hydrogen (secondary N) is 1. The van der Waals surface area contributed by atoms with Gasteiger partial charge in [-0.25, -0.2) is 9.89 Å². The van der Waals surface area contributed by atoms with Crippen molar-refractivity contribution in [3.05, 3.63) is 44.4 Å². The number of aryl methyl sites for hydroxylation is 1. The van der Waals surface area contributed by atoms with Crippen molar-refractivity contribution in [2.24, 2.45) is 0 Å². The van der Waals surface area contributed by atoms with E-state index < -0.39 is 0 Å². The fourth-order valence-electron chi connectivity index (χ4n) is 2.76. The number of carbonyl (C=O) groups excluding carboxylic acids is 1. The van der Waals surface area contributed by atoms with Crippen molar-refractivity contribution < 1.29 is 4.79 Å². The number of H-pyrrole nitrogens is 1. The van der Waals surface area contributed by atoms with Crippen LogP contribution in [0.3, 0.4) is 0 Å². The van der Waals surface area contributed by atoms with Gasteiger partial charge in [0.2, 0.25) is 0 Å². The van der Waals surface area contributed by atoms with Gasteiger partial charge in [-0.05, 0) is 68.9 Å². The quantitative estimate of drug-likeness (QED) is 0.675. The molecule has 0 aliphatic heterocycles. The summed E-state index contributed by atoms with van der Waals surface area (Å²) in [7, 11) is 0. The second-order valence-electron chi connectivity index (χ2n) is 6.24. The zero-order valence-electron chi connectivity index (χ0n) is 13.9. The van der Waals surface area contributed by atoms with E-state index in [1.165, 1.54) is 22.9 Å². The fourth-order valence-corrected chi connectivity index (χ4v) is 3.65. The summed E-state index contributed by atoms with van der Waals surface area (Å²) in [6.45, 7) is 8.16. The van der Waals surface area contributed by atoms with Crippen LogP contribution < -0.4 is 5.69 Å². The Hall–Kier alpha value is -1.82. The number of nitrogens with zero attached hydrogens (tertiary/aromatic N) is 2. The normalized spacial score (nSPS) is 14.3. The first-order chi connectivity index (χ1) is 10.9. The molecular formula is C17H21N3O2S. The number of Topliss-reactive ketones (excluding diaryl/α,β-unsaturated/α-hetero) is 1. The summed E-state index contributed by atoms with van der Waals surface area (Å²) in [6.07, 6.45) is 2.02. The summed E-state index contributed by atoms with van der Waals surface area (Å²) in [5.41, 5.74) is 5.18. The highest BCUT2D eigenvalue weighted by molar-refractivity contribution is 7.99. The molecule has 2 aromatic rings. The second-order valence-corrected chi connectivity index (χ2v) is 7.18. The largest absolute Gasteiger partial charge is 0.344 e. The van der Waals surface area contributed by atoms with Gasteiger partial charge >= 0.3 is 5.69 Å². The molecule has 0 atom stereocenters. The van der Waals surface area contributed by atoms with E-state index >= 15 is 0 Å². The number of carbonyl (C=O) groups is 1. The van der Waals surface area contributed by atoms with Crippen LogP contribution in [-0.2, 0) is 0 Å². The summed E-state index contributed by atoms with van der Waals surface area (Å²) >= 11 is 1.33. The molecule has 0 amide bonds. The van der Waals surface area contributed by atoms with Gasteiger partial charge in [-0.3, -0.25) is 9.36 Å².